The van der Waals surface area contributed by atoms with Crippen molar-refractivity contribution in [2.24, 2.45) is 4.99 Å². The molecule has 1 unspecified atom stereocenters. The predicted molar refractivity (Wildman–Crippen MR) is 104 cm³/mol. The van der Waals surface area contributed by atoms with Gasteiger partial charge in [-0.05, 0) is 46.1 Å². The third-order valence-electron chi connectivity index (χ3n) is 5.17. The Balaban J connectivity index is 1.70. The van der Waals surface area contributed by atoms with Crippen LogP contribution in [0.1, 0.15) is 58.8 Å². The molecule has 2 aliphatic heterocycles. The lowest BCUT2D eigenvalue weighted by Gasteiger charge is -2.33. The van der Waals surface area contributed by atoms with Crippen LogP contribution in [0.3, 0.4) is 0 Å². The lowest BCUT2D eigenvalue weighted by atomic mass is 10.0. The van der Waals surface area contributed by atoms with Gasteiger partial charge in [0.1, 0.15) is 0 Å². The molecule has 0 aromatic rings. The van der Waals surface area contributed by atoms with Crippen LogP contribution in [-0.2, 0) is 9.59 Å². The number of guanidine groups is 1. The van der Waals surface area contributed by atoms with E-state index in [4.69, 9.17) is 0 Å². The van der Waals surface area contributed by atoms with Gasteiger partial charge in [0, 0.05) is 51.6 Å². The molecule has 1 atom stereocenters. The fourth-order valence-electron chi connectivity index (χ4n) is 3.63. The van der Waals surface area contributed by atoms with Crippen LogP contribution in [0.25, 0.3) is 0 Å². The van der Waals surface area contributed by atoms with E-state index in [1.165, 1.54) is 30.7 Å². The Morgan fingerprint density at radius 3 is 2.58 bits per heavy atom. The molecule has 148 valence electrons. The zero-order chi connectivity index (χ0) is 18.8. The van der Waals surface area contributed by atoms with E-state index in [-0.39, 0.29) is 11.8 Å². The summed E-state index contributed by atoms with van der Waals surface area (Å²) >= 11 is 0. The molecule has 2 amide bonds. The van der Waals surface area contributed by atoms with Crippen LogP contribution in [-0.4, -0.2) is 72.9 Å². The normalized spacial score (nSPS) is 22.6. The number of likely N-dealkylation sites (tertiary alicyclic amines) is 2. The van der Waals surface area contributed by atoms with E-state index >= 15 is 0 Å². The summed E-state index contributed by atoms with van der Waals surface area (Å²) in [5.41, 5.74) is 0. The van der Waals surface area contributed by atoms with Gasteiger partial charge in [-0.2, -0.15) is 0 Å². The third kappa shape index (κ3) is 6.59. The third-order valence-corrected chi connectivity index (χ3v) is 5.17. The minimum atomic E-state index is -0.0550. The van der Waals surface area contributed by atoms with Crippen molar-refractivity contribution in [3.05, 3.63) is 0 Å². The molecule has 0 bridgehead atoms. The van der Waals surface area contributed by atoms with E-state index < -0.39 is 0 Å². The molecule has 2 rings (SSSR count). The Kier molecular flexibility index (Phi) is 8.88. The molecule has 2 saturated heterocycles. The van der Waals surface area contributed by atoms with Crippen LogP contribution in [0.5, 0.6) is 0 Å². The van der Waals surface area contributed by atoms with Crippen LogP contribution in [0.2, 0.25) is 0 Å². The number of amides is 2. The molecule has 2 N–H and O–H groups in total. The highest BCUT2D eigenvalue weighted by Gasteiger charge is 2.25. The van der Waals surface area contributed by atoms with E-state index in [1.807, 2.05) is 6.92 Å². The van der Waals surface area contributed by atoms with Gasteiger partial charge in [-0.15, -0.1) is 0 Å². The van der Waals surface area contributed by atoms with E-state index in [9.17, 15) is 9.59 Å². The number of hydrogen-bond donors (Lipinski definition) is 2. The molecular formula is C19H35N5O2. The number of nitrogens with one attached hydrogen (secondary N) is 2. The molecule has 26 heavy (non-hydrogen) atoms. The molecule has 7 nitrogen and oxygen atoms in total. The topological polar surface area (TPSA) is 77.0 Å². The quantitative estimate of drug-likeness (QED) is 0.294. The van der Waals surface area contributed by atoms with E-state index in [2.05, 4.69) is 27.4 Å². The van der Waals surface area contributed by atoms with Gasteiger partial charge in [0.25, 0.3) is 0 Å². The summed E-state index contributed by atoms with van der Waals surface area (Å²) in [6.45, 7) is 9.17. The van der Waals surface area contributed by atoms with Gasteiger partial charge in [-0.1, -0.05) is 6.42 Å². The zero-order valence-electron chi connectivity index (χ0n) is 16.4. The molecule has 2 heterocycles. The number of rotatable bonds is 8. The first-order valence-corrected chi connectivity index (χ1v) is 10.2. The lowest BCUT2D eigenvalue weighted by molar-refractivity contribution is -0.147. The van der Waals surface area contributed by atoms with Gasteiger partial charge in [0.15, 0.2) is 5.96 Å². The second-order valence-corrected chi connectivity index (χ2v) is 7.21. The molecule has 0 spiro atoms. The van der Waals surface area contributed by atoms with Crippen molar-refractivity contribution in [1.82, 2.24) is 20.4 Å². The summed E-state index contributed by atoms with van der Waals surface area (Å²) in [5, 5.41) is 6.46. The summed E-state index contributed by atoms with van der Waals surface area (Å²) in [6.07, 6.45) is 6.66. The Morgan fingerprint density at radius 1 is 1.12 bits per heavy atom. The van der Waals surface area contributed by atoms with Crippen molar-refractivity contribution in [2.75, 3.05) is 39.3 Å². The first kappa shape index (κ1) is 20.7. The van der Waals surface area contributed by atoms with Crippen LogP contribution in [0.4, 0.5) is 0 Å². The Labute approximate surface area is 157 Å². The first-order valence-electron chi connectivity index (χ1n) is 10.2. The average molecular weight is 366 g/mol. The fourth-order valence-corrected chi connectivity index (χ4v) is 3.63. The number of carbonyl (C=O) groups is 2. The second-order valence-electron chi connectivity index (χ2n) is 7.21. The maximum atomic E-state index is 11.8. The molecule has 0 radical (unpaired) electrons. The summed E-state index contributed by atoms with van der Waals surface area (Å²) < 4.78 is 0. The maximum Gasteiger partial charge on any atom is 0.229 e. The van der Waals surface area contributed by atoms with Crippen molar-refractivity contribution in [3.63, 3.8) is 0 Å². The molecule has 7 heteroatoms. The van der Waals surface area contributed by atoms with Crippen molar-refractivity contribution >= 4 is 17.8 Å². The van der Waals surface area contributed by atoms with E-state index in [1.54, 1.807) is 0 Å². The van der Waals surface area contributed by atoms with Crippen LogP contribution < -0.4 is 10.6 Å². The van der Waals surface area contributed by atoms with Crippen LogP contribution in [0.15, 0.2) is 4.99 Å². The van der Waals surface area contributed by atoms with E-state index in [0.29, 0.717) is 38.4 Å². The summed E-state index contributed by atoms with van der Waals surface area (Å²) in [6, 6.07) is 0.693. The molecule has 0 aromatic heterocycles. The van der Waals surface area contributed by atoms with Crippen LogP contribution >= 0.6 is 0 Å². The number of piperidine rings is 2. The highest BCUT2D eigenvalue weighted by molar-refractivity contribution is 5.97. The number of nitrogens with zero attached hydrogens (tertiary/aromatic N) is 3. The summed E-state index contributed by atoms with van der Waals surface area (Å²) in [5.74, 6) is 0.650. The van der Waals surface area contributed by atoms with Crippen LogP contribution in [0, 0.1) is 0 Å². The average Bonchev–Trinajstić information content (AvgIpc) is 2.62. The Hall–Kier alpha value is -1.63. The Bertz CT molecular complexity index is 478. The number of aliphatic imine (C=N–C) groups is 1. The van der Waals surface area contributed by atoms with Crippen molar-refractivity contribution in [1.29, 1.82) is 0 Å². The first-order chi connectivity index (χ1) is 12.6. The number of hydrogen-bond acceptors (Lipinski definition) is 4. The predicted octanol–water partition coefficient (Wildman–Crippen LogP) is 1.35. The van der Waals surface area contributed by atoms with Crippen molar-refractivity contribution < 1.29 is 9.59 Å². The lowest BCUT2D eigenvalue weighted by Crippen LogP contribution is -2.46. The number of imide groups is 1. The Morgan fingerprint density at radius 2 is 1.88 bits per heavy atom. The summed E-state index contributed by atoms with van der Waals surface area (Å²) in [4.78, 5) is 32.2. The zero-order valence-corrected chi connectivity index (χ0v) is 16.4. The second kappa shape index (κ2) is 11.2. The summed E-state index contributed by atoms with van der Waals surface area (Å²) in [7, 11) is 0. The van der Waals surface area contributed by atoms with Gasteiger partial charge in [0.05, 0.1) is 0 Å². The van der Waals surface area contributed by atoms with Gasteiger partial charge in [-0.3, -0.25) is 19.5 Å². The van der Waals surface area contributed by atoms with Gasteiger partial charge in [-0.25, -0.2) is 0 Å². The minimum Gasteiger partial charge on any atom is -0.357 e. The molecule has 0 saturated carbocycles. The molecule has 0 aromatic carbocycles. The largest absolute Gasteiger partial charge is 0.357 e. The van der Waals surface area contributed by atoms with Gasteiger partial charge < -0.3 is 15.5 Å². The molecule has 0 aliphatic carbocycles. The molecule has 2 fully saturated rings. The SMILES string of the molecule is CCNC(=NCCCN1CCCCC1C)NCCN1C(=O)CCCC1=O. The molecule has 2 aliphatic rings. The van der Waals surface area contributed by atoms with Gasteiger partial charge >= 0.3 is 0 Å². The minimum absolute atomic E-state index is 0.0550. The highest BCUT2D eigenvalue weighted by Crippen LogP contribution is 2.16. The van der Waals surface area contributed by atoms with Crippen molar-refractivity contribution in [3.8, 4) is 0 Å². The number of carbonyl (C=O) groups excluding carboxylic acids is 2. The fraction of sp³-hybridized carbons (Fsp3) is 0.842. The highest BCUT2D eigenvalue weighted by atomic mass is 16.2. The van der Waals surface area contributed by atoms with E-state index in [0.717, 1.165) is 32.0 Å². The smallest absolute Gasteiger partial charge is 0.229 e. The molecular weight excluding hydrogens is 330 g/mol. The van der Waals surface area contributed by atoms with Crippen molar-refractivity contribution in [2.45, 2.75) is 64.8 Å². The maximum absolute atomic E-state index is 11.8. The monoisotopic (exact) mass is 365 g/mol. The van der Waals surface area contributed by atoms with Gasteiger partial charge in [0.2, 0.25) is 11.8 Å². The standard InChI is InChI=1S/C19H35N5O2/c1-3-20-19(21-11-7-14-23-13-5-4-8-16(23)2)22-12-15-24-17(25)9-6-10-18(24)26/h16H,3-15H2,1-2H3,(H2,20,21,22).